The number of carbonyl (C=O) groups is 1. The number of fused-ring (bicyclic) bond motifs is 1. The van der Waals surface area contributed by atoms with Gasteiger partial charge in [-0.3, -0.25) is 4.79 Å². The van der Waals surface area contributed by atoms with Crippen LogP contribution in [0.4, 0.5) is 17.3 Å². The first-order valence-electron chi connectivity index (χ1n) is 10.5. The Morgan fingerprint density at radius 3 is 2.70 bits per heavy atom. The van der Waals surface area contributed by atoms with Crippen LogP contribution in [0.3, 0.4) is 0 Å². The molecule has 0 spiro atoms. The van der Waals surface area contributed by atoms with Gasteiger partial charge in [-0.1, -0.05) is 0 Å². The first-order chi connectivity index (χ1) is 15.9. The van der Waals surface area contributed by atoms with Crippen molar-refractivity contribution < 1.29 is 19.0 Å². The Balaban J connectivity index is 1.75. The van der Waals surface area contributed by atoms with Gasteiger partial charge in [0.1, 0.15) is 35.6 Å². The van der Waals surface area contributed by atoms with Crippen molar-refractivity contribution in [3.05, 3.63) is 36.5 Å². The fraction of sp³-hybridized carbons (Fsp3) is 0.304. The van der Waals surface area contributed by atoms with Crippen LogP contribution >= 0.6 is 11.8 Å². The second kappa shape index (κ2) is 9.95. The third-order valence-electron chi connectivity index (χ3n) is 4.51. The van der Waals surface area contributed by atoms with Gasteiger partial charge in [-0.2, -0.15) is 0 Å². The lowest BCUT2D eigenvalue weighted by Gasteiger charge is -2.19. The molecule has 4 heterocycles. The van der Waals surface area contributed by atoms with E-state index >= 15 is 0 Å². The van der Waals surface area contributed by atoms with Gasteiger partial charge in [-0.05, 0) is 32.2 Å². The minimum atomic E-state index is -0.214. The van der Waals surface area contributed by atoms with Crippen LogP contribution in [-0.2, 0) is 4.79 Å². The second-order valence-corrected chi connectivity index (χ2v) is 8.34. The van der Waals surface area contributed by atoms with Gasteiger partial charge >= 0.3 is 0 Å². The van der Waals surface area contributed by atoms with Gasteiger partial charge in [0.25, 0.3) is 5.88 Å². The summed E-state index contributed by atoms with van der Waals surface area (Å²) in [7, 11) is 0. The van der Waals surface area contributed by atoms with Gasteiger partial charge < -0.3 is 24.8 Å². The van der Waals surface area contributed by atoms with E-state index in [0.717, 1.165) is 5.03 Å². The molecule has 0 unspecified atom stereocenters. The van der Waals surface area contributed by atoms with Crippen molar-refractivity contribution in [3.8, 4) is 28.6 Å². The summed E-state index contributed by atoms with van der Waals surface area (Å²) in [5.41, 5.74) is 2.02. The van der Waals surface area contributed by atoms with Gasteiger partial charge in [-0.15, -0.1) is 11.8 Å². The van der Waals surface area contributed by atoms with Crippen molar-refractivity contribution in [2.24, 2.45) is 0 Å². The summed E-state index contributed by atoms with van der Waals surface area (Å²) in [5, 5.41) is 6.87. The number of nitrogens with zero attached hydrogens (tertiary/aromatic N) is 3. The number of hydrogen-bond donors (Lipinski definition) is 2. The average molecular weight is 468 g/mol. The van der Waals surface area contributed by atoms with Crippen LogP contribution < -0.4 is 24.8 Å². The van der Waals surface area contributed by atoms with Crippen LogP contribution in [0.25, 0.3) is 11.3 Å². The third-order valence-corrected chi connectivity index (χ3v) is 5.14. The lowest BCUT2D eigenvalue weighted by molar-refractivity contribution is -0.114. The minimum Gasteiger partial charge on any atom is -0.491 e. The second-order valence-electron chi connectivity index (χ2n) is 7.52. The van der Waals surface area contributed by atoms with E-state index in [0.29, 0.717) is 59.2 Å². The Hall–Kier alpha value is -3.53. The number of rotatable bonds is 7. The molecule has 10 heteroatoms. The lowest BCUT2D eigenvalue weighted by atomic mass is 10.1. The molecule has 3 aromatic rings. The zero-order chi connectivity index (χ0) is 23.4. The molecule has 0 saturated heterocycles. The maximum absolute atomic E-state index is 11.6. The molecule has 4 rings (SSSR count). The van der Waals surface area contributed by atoms with Crippen molar-refractivity contribution in [2.75, 3.05) is 30.1 Å². The highest BCUT2D eigenvalue weighted by Gasteiger charge is 2.17. The van der Waals surface area contributed by atoms with E-state index in [1.54, 1.807) is 12.3 Å². The van der Waals surface area contributed by atoms with Crippen LogP contribution in [0.5, 0.6) is 17.4 Å². The van der Waals surface area contributed by atoms with Crippen LogP contribution in [0.1, 0.15) is 20.8 Å². The smallest absolute Gasteiger partial charge is 0.257 e. The highest BCUT2D eigenvalue weighted by molar-refractivity contribution is 7.98. The summed E-state index contributed by atoms with van der Waals surface area (Å²) in [4.78, 5) is 25.2. The molecule has 0 aliphatic carbocycles. The fourth-order valence-corrected chi connectivity index (χ4v) is 3.64. The maximum atomic E-state index is 11.6. The van der Waals surface area contributed by atoms with E-state index in [1.165, 1.54) is 18.7 Å². The molecule has 9 nitrogen and oxygen atoms in total. The summed E-state index contributed by atoms with van der Waals surface area (Å²) < 4.78 is 17.1. The molecule has 0 bridgehead atoms. The molecule has 0 fully saturated rings. The Bertz CT molecular complexity index is 1170. The number of amides is 1. The molecule has 3 aromatic heterocycles. The molecule has 0 aromatic carbocycles. The molecule has 33 heavy (non-hydrogen) atoms. The van der Waals surface area contributed by atoms with Gasteiger partial charge in [0, 0.05) is 36.9 Å². The number of carbonyl (C=O) groups excluding carboxylic acids is 1. The van der Waals surface area contributed by atoms with Crippen molar-refractivity contribution in [1.29, 1.82) is 0 Å². The number of anilines is 3. The van der Waals surface area contributed by atoms with Crippen molar-refractivity contribution in [2.45, 2.75) is 31.9 Å². The molecule has 0 saturated carbocycles. The summed E-state index contributed by atoms with van der Waals surface area (Å²) >= 11 is 1.52. The van der Waals surface area contributed by atoms with Crippen LogP contribution in [0.15, 0.2) is 41.6 Å². The summed E-state index contributed by atoms with van der Waals surface area (Å²) in [6, 6.07) is 9.13. The Labute approximate surface area is 196 Å². The van der Waals surface area contributed by atoms with Gasteiger partial charge in [0.2, 0.25) is 5.91 Å². The maximum Gasteiger partial charge on any atom is 0.257 e. The third kappa shape index (κ3) is 5.64. The predicted molar refractivity (Wildman–Crippen MR) is 128 cm³/mol. The van der Waals surface area contributed by atoms with Gasteiger partial charge in [0.15, 0.2) is 5.75 Å². The van der Waals surface area contributed by atoms with Crippen LogP contribution in [0, 0.1) is 0 Å². The number of aromatic nitrogens is 3. The summed E-state index contributed by atoms with van der Waals surface area (Å²) in [5.74, 6) is 2.54. The number of hydrogen-bond acceptors (Lipinski definition) is 9. The van der Waals surface area contributed by atoms with E-state index in [1.807, 2.05) is 44.4 Å². The molecular formula is C23H25N5O4S. The largest absolute Gasteiger partial charge is 0.491 e. The highest BCUT2D eigenvalue weighted by Crippen LogP contribution is 2.36. The van der Waals surface area contributed by atoms with Gasteiger partial charge in [0.05, 0.1) is 17.5 Å². The number of pyridine rings is 3. The SMILES string of the molecule is CSc1cc(OC(C)C)cc(Nc2cc(NC(C)=O)ncc2-c2ccc3c(n2)OCCO3)n1. The van der Waals surface area contributed by atoms with E-state index in [2.05, 4.69) is 25.6 Å². The molecule has 0 atom stereocenters. The topological polar surface area (TPSA) is 107 Å². The molecular weight excluding hydrogens is 442 g/mol. The normalized spacial score (nSPS) is 12.4. The molecule has 1 amide bonds. The van der Waals surface area contributed by atoms with E-state index in [-0.39, 0.29) is 12.0 Å². The van der Waals surface area contributed by atoms with Crippen LogP contribution in [0.2, 0.25) is 0 Å². The van der Waals surface area contributed by atoms with Crippen LogP contribution in [-0.4, -0.2) is 46.4 Å². The van der Waals surface area contributed by atoms with E-state index < -0.39 is 0 Å². The monoisotopic (exact) mass is 467 g/mol. The van der Waals surface area contributed by atoms with E-state index in [4.69, 9.17) is 14.2 Å². The minimum absolute atomic E-state index is 0.0275. The Kier molecular flexibility index (Phi) is 6.83. The zero-order valence-electron chi connectivity index (χ0n) is 18.8. The van der Waals surface area contributed by atoms with Crippen molar-refractivity contribution in [1.82, 2.24) is 15.0 Å². The molecule has 1 aliphatic rings. The fourth-order valence-electron chi connectivity index (χ4n) is 3.22. The highest BCUT2D eigenvalue weighted by atomic mass is 32.2. The quantitative estimate of drug-likeness (QED) is 0.485. The number of ether oxygens (including phenoxy) is 3. The molecule has 1 aliphatic heterocycles. The molecule has 0 radical (unpaired) electrons. The Morgan fingerprint density at radius 2 is 1.94 bits per heavy atom. The molecule has 2 N–H and O–H groups in total. The zero-order valence-corrected chi connectivity index (χ0v) is 19.7. The van der Waals surface area contributed by atoms with Crippen molar-refractivity contribution in [3.63, 3.8) is 0 Å². The first-order valence-corrected chi connectivity index (χ1v) is 11.7. The number of nitrogens with one attached hydrogen (secondary N) is 2. The summed E-state index contributed by atoms with van der Waals surface area (Å²) in [6.45, 7) is 6.31. The average Bonchev–Trinajstić information content (AvgIpc) is 2.78. The van der Waals surface area contributed by atoms with Crippen molar-refractivity contribution >= 4 is 35.0 Å². The standard InChI is InChI=1S/C23H25N5O4S/c1-13(2)32-15-9-21(28-22(10-15)33-4)26-18-11-20(25-14(3)29)24-12-16(18)17-5-6-19-23(27-17)31-8-7-30-19/h5-6,9-13H,7-8H2,1-4H3,(H2,24,25,26,28,29). The first kappa shape index (κ1) is 22.7. The number of thioether (sulfide) groups is 1. The molecule has 172 valence electrons. The summed E-state index contributed by atoms with van der Waals surface area (Å²) in [6.07, 6.45) is 3.63. The van der Waals surface area contributed by atoms with Gasteiger partial charge in [-0.25, -0.2) is 15.0 Å². The Morgan fingerprint density at radius 1 is 1.12 bits per heavy atom. The predicted octanol–water partition coefficient (Wildman–Crippen LogP) is 4.52. The van der Waals surface area contributed by atoms with E-state index in [9.17, 15) is 4.79 Å². The lowest BCUT2D eigenvalue weighted by Crippen LogP contribution is -2.16.